The molecule has 1 saturated heterocycles. The number of nitrogens with zero attached hydrogens (tertiary/aromatic N) is 2. The van der Waals surface area contributed by atoms with Gasteiger partial charge < -0.3 is 15.5 Å². The molecular weight excluding hydrogens is 350 g/mol. The van der Waals surface area contributed by atoms with Gasteiger partial charge in [-0.1, -0.05) is 12.8 Å². The predicted octanol–water partition coefficient (Wildman–Crippen LogP) is 2.46. The van der Waals surface area contributed by atoms with Crippen molar-refractivity contribution in [1.82, 2.24) is 15.5 Å². The minimum atomic E-state index is -0.438. The molecule has 0 radical (unpaired) electrons. The van der Waals surface area contributed by atoms with E-state index in [1.165, 1.54) is 6.07 Å². The largest absolute Gasteiger partial charge is 0.356 e. The van der Waals surface area contributed by atoms with Crippen molar-refractivity contribution in [1.29, 1.82) is 0 Å². The van der Waals surface area contributed by atoms with Crippen LogP contribution in [0.5, 0.6) is 0 Å². The molecule has 2 fully saturated rings. The first-order valence-electron chi connectivity index (χ1n) is 9.76. The fourth-order valence-electron chi connectivity index (χ4n) is 3.95. The molecule has 1 heterocycles. The Balaban J connectivity index is 1.44. The zero-order valence-corrected chi connectivity index (χ0v) is 15.8. The quantitative estimate of drug-likeness (QED) is 0.611. The van der Waals surface area contributed by atoms with E-state index in [2.05, 4.69) is 15.6 Å². The van der Waals surface area contributed by atoms with Crippen molar-refractivity contribution in [2.45, 2.75) is 44.6 Å². The summed E-state index contributed by atoms with van der Waals surface area (Å²) in [6, 6.07) is 3.64. The van der Waals surface area contributed by atoms with Crippen LogP contribution >= 0.6 is 0 Å². The maximum atomic E-state index is 13.7. The van der Waals surface area contributed by atoms with Crippen molar-refractivity contribution in [3.63, 3.8) is 0 Å². The predicted molar refractivity (Wildman–Crippen MR) is 102 cm³/mol. The molecule has 0 aromatic heterocycles. The molecule has 1 aromatic rings. The average Bonchev–Trinajstić information content (AvgIpc) is 3.35. The van der Waals surface area contributed by atoms with E-state index in [0.29, 0.717) is 36.9 Å². The first-order chi connectivity index (χ1) is 13.1. The number of likely N-dealkylation sites (tertiary alicyclic amines) is 1. The van der Waals surface area contributed by atoms with E-state index in [9.17, 15) is 13.6 Å². The van der Waals surface area contributed by atoms with Gasteiger partial charge in [0.25, 0.3) is 0 Å². The van der Waals surface area contributed by atoms with Gasteiger partial charge in [-0.3, -0.25) is 9.79 Å². The Hall–Kier alpha value is -2.18. The fourth-order valence-corrected chi connectivity index (χ4v) is 3.95. The van der Waals surface area contributed by atoms with Crippen molar-refractivity contribution in [2.75, 3.05) is 26.7 Å². The second-order valence-electron chi connectivity index (χ2n) is 7.38. The zero-order valence-electron chi connectivity index (χ0n) is 15.8. The summed E-state index contributed by atoms with van der Waals surface area (Å²) >= 11 is 0. The van der Waals surface area contributed by atoms with E-state index >= 15 is 0 Å². The van der Waals surface area contributed by atoms with Crippen LogP contribution in [0.15, 0.2) is 23.2 Å². The van der Waals surface area contributed by atoms with Gasteiger partial charge in [0.1, 0.15) is 11.6 Å². The summed E-state index contributed by atoms with van der Waals surface area (Å²) in [5, 5.41) is 6.47. The highest BCUT2D eigenvalue weighted by Gasteiger charge is 2.32. The molecule has 1 unspecified atom stereocenters. The number of benzene rings is 1. The molecule has 148 valence electrons. The van der Waals surface area contributed by atoms with Crippen molar-refractivity contribution in [3.05, 3.63) is 35.4 Å². The van der Waals surface area contributed by atoms with Gasteiger partial charge in [-0.2, -0.15) is 0 Å². The number of carbonyl (C=O) groups is 1. The highest BCUT2D eigenvalue weighted by atomic mass is 19.1. The third-order valence-electron chi connectivity index (χ3n) is 5.46. The molecule has 1 saturated carbocycles. The summed E-state index contributed by atoms with van der Waals surface area (Å²) < 4.78 is 26.9. The van der Waals surface area contributed by atoms with Crippen LogP contribution in [0, 0.1) is 17.6 Å². The van der Waals surface area contributed by atoms with E-state index in [1.807, 2.05) is 4.90 Å². The number of rotatable bonds is 5. The number of guanidine groups is 1. The Morgan fingerprint density at radius 3 is 2.78 bits per heavy atom. The standard InChI is InChI=1S/C20H28F2N4O/c1-23-20(24-10-8-15-12-16(21)6-7-18(15)22)25-17-9-11-26(13-17)19(27)14-4-2-3-5-14/h6-7,12,14,17H,2-5,8-11,13H2,1H3,(H2,23,24,25). The van der Waals surface area contributed by atoms with Crippen LogP contribution in [-0.4, -0.2) is 49.5 Å². The molecule has 3 rings (SSSR count). The number of hydrogen-bond acceptors (Lipinski definition) is 2. The molecule has 1 aromatic carbocycles. The third kappa shape index (κ3) is 5.17. The van der Waals surface area contributed by atoms with Gasteiger partial charge in [-0.05, 0) is 49.4 Å². The lowest BCUT2D eigenvalue weighted by atomic mass is 10.1. The maximum Gasteiger partial charge on any atom is 0.225 e. The van der Waals surface area contributed by atoms with Crippen LogP contribution in [0.1, 0.15) is 37.7 Å². The highest BCUT2D eigenvalue weighted by molar-refractivity contribution is 5.81. The Morgan fingerprint density at radius 2 is 2.04 bits per heavy atom. The van der Waals surface area contributed by atoms with Gasteiger partial charge in [-0.15, -0.1) is 0 Å². The fraction of sp³-hybridized carbons (Fsp3) is 0.600. The molecule has 2 aliphatic rings. The number of amides is 1. The Labute approximate surface area is 159 Å². The lowest BCUT2D eigenvalue weighted by Crippen LogP contribution is -2.45. The molecule has 2 N–H and O–H groups in total. The first-order valence-corrected chi connectivity index (χ1v) is 9.76. The highest BCUT2D eigenvalue weighted by Crippen LogP contribution is 2.27. The van der Waals surface area contributed by atoms with Gasteiger partial charge in [0, 0.05) is 38.6 Å². The Morgan fingerprint density at radius 1 is 1.26 bits per heavy atom. The number of nitrogens with one attached hydrogen (secondary N) is 2. The third-order valence-corrected chi connectivity index (χ3v) is 5.46. The molecule has 27 heavy (non-hydrogen) atoms. The maximum absolute atomic E-state index is 13.7. The summed E-state index contributed by atoms with van der Waals surface area (Å²) in [4.78, 5) is 18.7. The minimum absolute atomic E-state index is 0.160. The summed E-state index contributed by atoms with van der Waals surface area (Å²) in [7, 11) is 1.68. The van der Waals surface area contributed by atoms with Crippen LogP contribution < -0.4 is 10.6 Å². The first kappa shape index (κ1) is 19.6. The molecule has 7 heteroatoms. The van der Waals surface area contributed by atoms with Crippen molar-refractivity contribution in [3.8, 4) is 0 Å². The summed E-state index contributed by atoms with van der Waals surface area (Å²) in [5.41, 5.74) is 0.340. The van der Waals surface area contributed by atoms with Gasteiger partial charge in [0.15, 0.2) is 5.96 Å². The molecule has 1 amide bonds. The smallest absolute Gasteiger partial charge is 0.225 e. The number of hydrogen-bond donors (Lipinski definition) is 2. The van der Waals surface area contributed by atoms with Crippen molar-refractivity contribution in [2.24, 2.45) is 10.9 Å². The normalized spacial score (nSPS) is 20.9. The van der Waals surface area contributed by atoms with Crippen LogP contribution in [0.4, 0.5) is 8.78 Å². The molecule has 0 spiro atoms. The van der Waals surface area contributed by atoms with Crippen LogP contribution in [-0.2, 0) is 11.2 Å². The van der Waals surface area contributed by atoms with E-state index in [1.54, 1.807) is 7.05 Å². The topological polar surface area (TPSA) is 56.7 Å². The Kier molecular flexibility index (Phi) is 6.63. The molecule has 1 atom stereocenters. The van der Waals surface area contributed by atoms with Crippen molar-refractivity contribution >= 4 is 11.9 Å². The van der Waals surface area contributed by atoms with E-state index < -0.39 is 11.6 Å². The zero-order chi connectivity index (χ0) is 19.2. The molecule has 0 bridgehead atoms. The molecule has 5 nitrogen and oxygen atoms in total. The summed E-state index contributed by atoms with van der Waals surface area (Å²) in [5.74, 6) is 0.278. The Bertz CT molecular complexity index is 689. The summed E-state index contributed by atoms with van der Waals surface area (Å²) in [6.45, 7) is 1.91. The monoisotopic (exact) mass is 378 g/mol. The van der Waals surface area contributed by atoms with Crippen LogP contribution in [0.3, 0.4) is 0 Å². The summed E-state index contributed by atoms with van der Waals surface area (Å²) in [6.07, 6.45) is 5.61. The number of carbonyl (C=O) groups excluding carboxylic acids is 1. The number of halogens is 2. The molecule has 1 aliphatic carbocycles. The van der Waals surface area contributed by atoms with Crippen molar-refractivity contribution < 1.29 is 13.6 Å². The van der Waals surface area contributed by atoms with Crippen LogP contribution in [0.25, 0.3) is 0 Å². The number of aliphatic imine (C=N–C) groups is 1. The van der Waals surface area contributed by atoms with Gasteiger partial charge >= 0.3 is 0 Å². The SMILES string of the molecule is CN=C(NCCc1cc(F)ccc1F)NC1CCN(C(=O)C2CCCC2)C1. The van der Waals surface area contributed by atoms with E-state index in [-0.39, 0.29) is 12.0 Å². The van der Waals surface area contributed by atoms with Gasteiger partial charge in [0.2, 0.25) is 5.91 Å². The second kappa shape index (κ2) is 9.15. The minimum Gasteiger partial charge on any atom is -0.356 e. The van der Waals surface area contributed by atoms with Gasteiger partial charge in [-0.25, -0.2) is 8.78 Å². The lowest BCUT2D eigenvalue weighted by molar-refractivity contribution is -0.134. The average molecular weight is 378 g/mol. The van der Waals surface area contributed by atoms with E-state index in [0.717, 1.165) is 50.8 Å². The molecule has 1 aliphatic heterocycles. The lowest BCUT2D eigenvalue weighted by Gasteiger charge is -2.21. The van der Waals surface area contributed by atoms with Crippen LogP contribution in [0.2, 0.25) is 0 Å². The van der Waals surface area contributed by atoms with Gasteiger partial charge in [0.05, 0.1) is 0 Å². The van der Waals surface area contributed by atoms with E-state index in [4.69, 9.17) is 0 Å². The second-order valence-corrected chi connectivity index (χ2v) is 7.38. The molecular formula is C20H28F2N4O.